The third kappa shape index (κ3) is 5.03. The Morgan fingerprint density at radius 1 is 1.08 bits per heavy atom. The van der Waals surface area contributed by atoms with Gasteiger partial charge in [0.05, 0.1) is 23.3 Å². The smallest absolute Gasteiger partial charge is 0.311 e. The number of allylic oxidation sites excluding steroid dienone is 1. The van der Waals surface area contributed by atoms with Gasteiger partial charge in [-0.2, -0.15) is 0 Å². The molecule has 1 aromatic carbocycles. The number of aromatic nitrogens is 1. The summed E-state index contributed by atoms with van der Waals surface area (Å²) in [5.41, 5.74) is 1.02. The summed E-state index contributed by atoms with van der Waals surface area (Å²) in [6, 6.07) is 16.8. The molecule has 0 amide bonds. The number of rotatable bonds is 12. The molecule has 4 aliphatic carbocycles. The predicted octanol–water partition coefficient (Wildman–Crippen LogP) is 7.65. The fourth-order valence-electron chi connectivity index (χ4n) is 13.1. The van der Waals surface area contributed by atoms with Gasteiger partial charge >= 0.3 is 5.97 Å². The summed E-state index contributed by atoms with van der Waals surface area (Å²) < 4.78 is 7.53. The number of carbonyl (C=O) groups is 2. The molecule has 8 unspecified atom stereocenters. The topological polar surface area (TPSA) is 92.1 Å². The van der Waals surface area contributed by atoms with Crippen LogP contribution in [0.2, 0.25) is 0 Å². The van der Waals surface area contributed by atoms with E-state index in [2.05, 4.69) is 68.1 Å². The molecule has 2 aliphatic heterocycles. The van der Waals surface area contributed by atoms with Gasteiger partial charge in [-0.1, -0.05) is 69.7 Å². The largest absolute Gasteiger partial charge is 0.481 e. The molecule has 1 saturated heterocycles. The van der Waals surface area contributed by atoms with Gasteiger partial charge in [0.2, 0.25) is 0 Å². The van der Waals surface area contributed by atoms with E-state index in [1.54, 1.807) is 0 Å². The third-order valence-corrected chi connectivity index (χ3v) is 14.9. The molecule has 0 radical (unpaired) electrons. The van der Waals surface area contributed by atoms with Crippen molar-refractivity contribution in [3.63, 3.8) is 0 Å². The number of benzene rings is 1. The van der Waals surface area contributed by atoms with Crippen molar-refractivity contribution in [3.05, 3.63) is 78.3 Å². The standard InChI is InChI=1S/C43H55N3O4/c1-28(2)37-21-32-22-41(27-47)36-16-15-29(3)35(36)23-42(32,43(37,41)40(48)49)39-20-31(19-30-11-5-4-6-12-30)38(50-39)26-46(24-33-13-7-9-17-44-33)25-34-14-8-10-18-45-34/h4-7,9-13,17-18,27-29,31-32,35-39H,8,14-16,19-26H2,1-3H3,(H,48,49)/t29-,31?,32?,35-,36-,37?,38?,39?,41?,42?,43?/m1/s1. The van der Waals surface area contributed by atoms with Gasteiger partial charge in [-0.05, 0) is 110 Å². The highest BCUT2D eigenvalue weighted by molar-refractivity contribution is 5.88. The highest BCUT2D eigenvalue weighted by Gasteiger charge is 2.88. The maximum atomic E-state index is 14.3. The predicted molar refractivity (Wildman–Crippen MR) is 194 cm³/mol. The molecule has 5 fully saturated rings. The van der Waals surface area contributed by atoms with Gasteiger partial charge in [0.1, 0.15) is 6.29 Å². The minimum Gasteiger partial charge on any atom is -0.481 e. The summed E-state index contributed by atoms with van der Waals surface area (Å²) in [5.74, 6) is 0.853. The van der Waals surface area contributed by atoms with Crippen molar-refractivity contribution in [1.82, 2.24) is 9.88 Å². The number of carbonyl (C=O) groups excluding carboxylic acids is 1. The van der Waals surface area contributed by atoms with Gasteiger partial charge in [0.25, 0.3) is 0 Å². The first kappa shape index (κ1) is 34.0. The maximum Gasteiger partial charge on any atom is 0.311 e. The molecule has 0 spiro atoms. The number of pyridine rings is 1. The van der Waals surface area contributed by atoms with Crippen LogP contribution in [0.1, 0.15) is 83.4 Å². The molecule has 3 heterocycles. The number of nitrogens with zero attached hydrogens (tertiary/aromatic N) is 3. The number of aldehydes is 1. The minimum atomic E-state index is -1.10. The average Bonchev–Trinajstić information content (AvgIpc) is 3.83. The Hall–Kier alpha value is -3.16. The van der Waals surface area contributed by atoms with Crippen LogP contribution in [-0.2, 0) is 27.3 Å². The van der Waals surface area contributed by atoms with Crippen LogP contribution in [0.25, 0.3) is 0 Å². The minimum absolute atomic E-state index is 0.0333. The van der Waals surface area contributed by atoms with Crippen molar-refractivity contribution in [3.8, 4) is 0 Å². The lowest BCUT2D eigenvalue weighted by Crippen LogP contribution is -2.66. The van der Waals surface area contributed by atoms with E-state index in [-0.39, 0.29) is 41.8 Å². The van der Waals surface area contributed by atoms with E-state index in [0.717, 1.165) is 70.2 Å². The lowest BCUT2D eigenvalue weighted by Gasteiger charge is -2.61. The van der Waals surface area contributed by atoms with Crippen LogP contribution in [0.3, 0.4) is 0 Å². The van der Waals surface area contributed by atoms with Crippen molar-refractivity contribution in [1.29, 1.82) is 0 Å². The number of aliphatic carboxylic acids is 1. The van der Waals surface area contributed by atoms with E-state index in [1.807, 2.05) is 24.5 Å². The van der Waals surface area contributed by atoms with Crippen LogP contribution in [-0.4, -0.2) is 58.3 Å². The number of aliphatic imine (C=N–C) groups is 1. The first-order valence-corrected chi connectivity index (χ1v) is 19.5. The van der Waals surface area contributed by atoms with Crippen LogP contribution < -0.4 is 0 Å². The van der Waals surface area contributed by atoms with Crippen LogP contribution in [0, 0.1) is 57.7 Å². The molecular weight excluding hydrogens is 622 g/mol. The second-order valence-electron chi connectivity index (χ2n) is 17.3. The van der Waals surface area contributed by atoms with Crippen molar-refractivity contribution >= 4 is 18.0 Å². The summed E-state index contributed by atoms with van der Waals surface area (Å²) in [4.78, 5) is 40.0. The van der Waals surface area contributed by atoms with Crippen LogP contribution in [0.5, 0.6) is 0 Å². The summed E-state index contributed by atoms with van der Waals surface area (Å²) >= 11 is 0. The van der Waals surface area contributed by atoms with Crippen molar-refractivity contribution in [2.24, 2.45) is 62.7 Å². The maximum absolute atomic E-state index is 14.3. The molecule has 1 N–H and O–H groups in total. The fraction of sp³-hybridized carbons (Fsp3) is 0.628. The van der Waals surface area contributed by atoms with E-state index >= 15 is 0 Å². The third-order valence-electron chi connectivity index (χ3n) is 14.9. The van der Waals surface area contributed by atoms with E-state index in [9.17, 15) is 14.7 Å². The van der Waals surface area contributed by atoms with Crippen molar-refractivity contribution in [2.75, 3.05) is 13.1 Å². The van der Waals surface area contributed by atoms with E-state index in [4.69, 9.17) is 14.7 Å². The lowest BCUT2D eigenvalue weighted by molar-refractivity contribution is -0.215. The SMILES string of the molecule is CC(C)C1CC2CC3(C=O)[C@@H]4CC[C@@H](C)[C@H]4CC2(C2CC(Cc4ccccc4)C(CN(CC4=NC=CCC4)Cc4ccccn4)O2)C13C(=O)O. The molecule has 6 aliphatic rings. The average molecular weight is 678 g/mol. The molecule has 7 heteroatoms. The molecule has 8 rings (SSSR count). The van der Waals surface area contributed by atoms with Crippen LogP contribution in [0.15, 0.2) is 72.0 Å². The summed E-state index contributed by atoms with van der Waals surface area (Å²) in [5, 5.41) is 11.7. The normalized spacial score (nSPS) is 40.0. The molecule has 4 saturated carbocycles. The molecule has 50 heavy (non-hydrogen) atoms. The Kier molecular flexibility index (Phi) is 8.90. The summed E-state index contributed by atoms with van der Waals surface area (Å²) in [6.07, 6.45) is 15.0. The summed E-state index contributed by atoms with van der Waals surface area (Å²) in [7, 11) is 0. The number of hydrogen-bond donors (Lipinski definition) is 1. The second-order valence-corrected chi connectivity index (χ2v) is 17.3. The molecule has 1 aromatic heterocycles. The van der Waals surface area contributed by atoms with Gasteiger partial charge < -0.3 is 14.6 Å². The first-order valence-electron chi connectivity index (χ1n) is 19.5. The molecule has 7 nitrogen and oxygen atoms in total. The quantitative estimate of drug-likeness (QED) is 0.232. The molecule has 11 atom stereocenters. The van der Waals surface area contributed by atoms with E-state index in [0.29, 0.717) is 24.8 Å². The van der Waals surface area contributed by atoms with Crippen LogP contribution in [0.4, 0.5) is 0 Å². The number of fused-ring (bicyclic) bond motifs is 2. The van der Waals surface area contributed by atoms with Gasteiger partial charge in [0, 0.05) is 48.6 Å². The number of hydrogen-bond acceptors (Lipinski definition) is 6. The van der Waals surface area contributed by atoms with Gasteiger partial charge in [0.15, 0.2) is 0 Å². The first-order chi connectivity index (χ1) is 24.2. The zero-order chi connectivity index (χ0) is 34.7. The zero-order valence-electron chi connectivity index (χ0n) is 30.1. The monoisotopic (exact) mass is 677 g/mol. The Labute approximate surface area is 298 Å². The Balaban J connectivity index is 1.20. The Morgan fingerprint density at radius 2 is 1.90 bits per heavy atom. The molecule has 266 valence electrons. The van der Waals surface area contributed by atoms with Crippen LogP contribution >= 0.6 is 0 Å². The zero-order valence-corrected chi connectivity index (χ0v) is 30.1. The van der Waals surface area contributed by atoms with Crippen molar-refractivity contribution < 1.29 is 19.4 Å². The highest BCUT2D eigenvalue weighted by Crippen LogP contribution is 2.86. The Bertz CT molecular complexity index is 1630. The van der Waals surface area contributed by atoms with E-state index in [1.165, 1.54) is 17.6 Å². The Morgan fingerprint density at radius 3 is 2.60 bits per heavy atom. The highest BCUT2D eigenvalue weighted by atomic mass is 16.5. The lowest BCUT2D eigenvalue weighted by atomic mass is 9.40. The van der Waals surface area contributed by atoms with Crippen molar-refractivity contribution in [2.45, 2.75) is 97.3 Å². The number of carboxylic acid groups (broad SMARTS) is 1. The number of ether oxygens (including phenoxy) is 1. The summed E-state index contributed by atoms with van der Waals surface area (Å²) in [6.45, 7) is 8.92. The second kappa shape index (κ2) is 13.1. The van der Waals surface area contributed by atoms with E-state index < -0.39 is 22.2 Å². The molecule has 4 bridgehead atoms. The molecule has 2 aromatic rings. The van der Waals surface area contributed by atoms with Gasteiger partial charge in [-0.15, -0.1) is 0 Å². The van der Waals surface area contributed by atoms with Gasteiger partial charge in [-0.25, -0.2) is 0 Å². The molecular formula is C43H55N3O4. The fourth-order valence-corrected chi connectivity index (χ4v) is 13.1. The number of carboxylic acids is 1. The van der Waals surface area contributed by atoms with Gasteiger partial charge in [-0.3, -0.25) is 19.7 Å².